The van der Waals surface area contributed by atoms with E-state index in [1.54, 1.807) is 38.1 Å². The normalized spacial score (nSPS) is 17.2. The Morgan fingerprint density at radius 1 is 1.19 bits per heavy atom. The van der Waals surface area contributed by atoms with Gasteiger partial charge in [0, 0.05) is 18.8 Å². The van der Waals surface area contributed by atoms with Gasteiger partial charge < -0.3 is 10.0 Å². The van der Waals surface area contributed by atoms with E-state index in [0.717, 1.165) is 5.69 Å². The van der Waals surface area contributed by atoms with Crippen molar-refractivity contribution >= 4 is 21.5 Å². The van der Waals surface area contributed by atoms with E-state index in [1.807, 2.05) is 0 Å². The number of nitrogens with zero attached hydrogens (tertiary/aromatic N) is 1. The third-order valence-electron chi connectivity index (χ3n) is 4.00. The van der Waals surface area contributed by atoms with Crippen molar-refractivity contribution in [1.82, 2.24) is 0 Å². The molecular formula is C15H21NO4S. The van der Waals surface area contributed by atoms with Crippen LogP contribution in [-0.2, 0) is 14.6 Å². The zero-order valence-electron chi connectivity index (χ0n) is 12.3. The quantitative estimate of drug-likeness (QED) is 0.922. The number of aliphatic carboxylic acids is 1. The molecule has 1 fully saturated rings. The van der Waals surface area contributed by atoms with E-state index in [1.165, 1.54) is 0 Å². The third-order valence-corrected chi connectivity index (χ3v) is 6.17. The highest BCUT2D eigenvalue weighted by Crippen LogP contribution is 2.25. The Morgan fingerprint density at radius 2 is 1.71 bits per heavy atom. The average molecular weight is 311 g/mol. The van der Waals surface area contributed by atoms with Gasteiger partial charge in [-0.1, -0.05) is 0 Å². The highest BCUT2D eigenvalue weighted by molar-refractivity contribution is 7.92. The molecule has 0 aromatic heterocycles. The van der Waals surface area contributed by atoms with Crippen molar-refractivity contribution in [2.75, 3.05) is 18.0 Å². The predicted molar refractivity (Wildman–Crippen MR) is 81.3 cm³/mol. The molecule has 0 aliphatic carbocycles. The third kappa shape index (κ3) is 3.37. The average Bonchev–Trinajstić information content (AvgIpc) is 2.47. The van der Waals surface area contributed by atoms with Crippen molar-refractivity contribution in [3.8, 4) is 0 Å². The van der Waals surface area contributed by atoms with Gasteiger partial charge in [0.25, 0.3) is 0 Å². The number of benzene rings is 1. The smallest absolute Gasteiger partial charge is 0.306 e. The number of sulfone groups is 1. The second kappa shape index (κ2) is 6.05. The first-order valence-corrected chi connectivity index (χ1v) is 8.68. The summed E-state index contributed by atoms with van der Waals surface area (Å²) in [6.07, 6.45) is 1.25. The molecule has 116 valence electrons. The lowest BCUT2D eigenvalue weighted by atomic mass is 9.97. The van der Waals surface area contributed by atoms with E-state index in [2.05, 4.69) is 4.90 Å². The molecule has 2 rings (SSSR count). The van der Waals surface area contributed by atoms with Gasteiger partial charge in [-0.25, -0.2) is 8.42 Å². The van der Waals surface area contributed by atoms with Crippen molar-refractivity contribution in [2.45, 2.75) is 36.8 Å². The Labute approximate surface area is 125 Å². The molecule has 0 amide bonds. The summed E-state index contributed by atoms with van der Waals surface area (Å²) in [6.45, 7) is 4.71. The first-order valence-electron chi connectivity index (χ1n) is 7.14. The van der Waals surface area contributed by atoms with Gasteiger partial charge in [0.05, 0.1) is 16.1 Å². The summed E-state index contributed by atoms with van der Waals surface area (Å²) in [5.41, 5.74) is 0.946. The molecule has 21 heavy (non-hydrogen) atoms. The van der Waals surface area contributed by atoms with Gasteiger partial charge in [-0.05, 0) is 51.0 Å². The maximum Gasteiger partial charge on any atom is 0.306 e. The minimum Gasteiger partial charge on any atom is -0.481 e. The van der Waals surface area contributed by atoms with E-state index in [4.69, 9.17) is 5.11 Å². The fourth-order valence-corrected chi connectivity index (χ4v) is 3.56. The summed E-state index contributed by atoms with van der Waals surface area (Å²) in [6, 6.07) is 6.87. The largest absolute Gasteiger partial charge is 0.481 e. The maximum atomic E-state index is 12.1. The molecular weight excluding hydrogens is 290 g/mol. The Bertz CT molecular complexity index is 599. The maximum absolute atomic E-state index is 12.1. The number of carbonyl (C=O) groups is 1. The molecule has 0 bridgehead atoms. The van der Waals surface area contributed by atoms with Crippen molar-refractivity contribution in [2.24, 2.45) is 5.92 Å². The summed E-state index contributed by atoms with van der Waals surface area (Å²) in [4.78, 5) is 13.4. The first-order chi connectivity index (χ1) is 9.82. The first kappa shape index (κ1) is 15.8. The van der Waals surface area contributed by atoms with Crippen LogP contribution in [0.4, 0.5) is 5.69 Å². The standard InChI is InChI=1S/C15H21NO4S/c1-11(2)21(19,20)14-5-3-13(4-6-14)16-9-7-12(8-10-16)15(17)18/h3-6,11-12H,7-10H2,1-2H3,(H,17,18). The molecule has 1 aliphatic heterocycles. The van der Waals surface area contributed by atoms with Crippen LogP contribution in [0.2, 0.25) is 0 Å². The lowest BCUT2D eigenvalue weighted by Crippen LogP contribution is -2.36. The molecule has 1 aromatic rings. The van der Waals surface area contributed by atoms with Crippen LogP contribution in [0.15, 0.2) is 29.2 Å². The monoisotopic (exact) mass is 311 g/mol. The van der Waals surface area contributed by atoms with Crippen LogP contribution < -0.4 is 4.90 Å². The number of hydrogen-bond acceptors (Lipinski definition) is 4. The molecule has 0 unspecified atom stereocenters. The van der Waals surface area contributed by atoms with E-state index < -0.39 is 21.1 Å². The number of carboxylic acid groups (broad SMARTS) is 1. The van der Waals surface area contributed by atoms with Gasteiger partial charge in [-0.2, -0.15) is 0 Å². The highest BCUT2D eigenvalue weighted by Gasteiger charge is 2.25. The number of hydrogen-bond donors (Lipinski definition) is 1. The molecule has 1 heterocycles. The summed E-state index contributed by atoms with van der Waals surface area (Å²) < 4.78 is 24.1. The van der Waals surface area contributed by atoms with Gasteiger partial charge in [-0.3, -0.25) is 4.79 Å². The number of piperidine rings is 1. The topological polar surface area (TPSA) is 74.7 Å². The molecule has 5 nitrogen and oxygen atoms in total. The molecule has 6 heteroatoms. The Kier molecular flexibility index (Phi) is 4.56. The van der Waals surface area contributed by atoms with Gasteiger partial charge >= 0.3 is 5.97 Å². The molecule has 0 radical (unpaired) electrons. The second-order valence-electron chi connectivity index (χ2n) is 5.69. The van der Waals surface area contributed by atoms with Crippen LogP contribution in [0.25, 0.3) is 0 Å². The molecule has 0 atom stereocenters. The summed E-state index contributed by atoms with van der Waals surface area (Å²) in [5, 5.41) is 8.55. The van der Waals surface area contributed by atoms with Crippen molar-refractivity contribution < 1.29 is 18.3 Å². The SMILES string of the molecule is CC(C)S(=O)(=O)c1ccc(N2CCC(C(=O)O)CC2)cc1. The van der Waals surface area contributed by atoms with E-state index >= 15 is 0 Å². The molecule has 1 aliphatic rings. The lowest BCUT2D eigenvalue weighted by Gasteiger charge is -2.32. The Hall–Kier alpha value is -1.56. The highest BCUT2D eigenvalue weighted by atomic mass is 32.2. The summed E-state index contributed by atoms with van der Waals surface area (Å²) >= 11 is 0. The van der Waals surface area contributed by atoms with E-state index in [-0.39, 0.29) is 5.92 Å². The molecule has 1 aromatic carbocycles. The van der Waals surface area contributed by atoms with E-state index in [0.29, 0.717) is 30.8 Å². The van der Waals surface area contributed by atoms with Crippen LogP contribution >= 0.6 is 0 Å². The minimum atomic E-state index is -3.24. The van der Waals surface area contributed by atoms with Crippen LogP contribution in [0, 0.1) is 5.92 Å². The summed E-state index contributed by atoms with van der Waals surface area (Å²) in [7, 11) is -3.24. The van der Waals surface area contributed by atoms with Gasteiger partial charge in [-0.15, -0.1) is 0 Å². The zero-order valence-corrected chi connectivity index (χ0v) is 13.1. The minimum absolute atomic E-state index is 0.262. The van der Waals surface area contributed by atoms with Gasteiger partial charge in [0.2, 0.25) is 0 Å². The number of anilines is 1. The lowest BCUT2D eigenvalue weighted by molar-refractivity contribution is -0.142. The van der Waals surface area contributed by atoms with Crippen molar-refractivity contribution in [3.05, 3.63) is 24.3 Å². The van der Waals surface area contributed by atoms with Gasteiger partial charge in [0.15, 0.2) is 9.84 Å². The van der Waals surface area contributed by atoms with E-state index in [9.17, 15) is 13.2 Å². The van der Waals surface area contributed by atoms with Crippen LogP contribution in [0.3, 0.4) is 0 Å². The molecule has 1 saturated heterocycles. The Morgan fingerprint density at radius 3 is 2.14 bits per heavy atom. The predicted octanol–water partition coefficient (Wildman–Crippen LogP) is 2.17. The number of carboxylic acids is 1. The van der Waals surface area contributed by atoms with Crippen molar-refractivity contribution in [3.63, 3.8) is 0 Å². The molecule has 1 N–H and O–H groups in total. The Balaban J connectivity index is 2.09. The molecule has 0 saturated carbocycles. The second-order valence-corrected chi connectivity index (χ2v) is 8.19. The molecule has 0 spiro atoms. The summed E-state index contributed by atoms with van der Waals surface area (Å²) in [5.74, 6) is -0.991. The van der Waals surface area contributed by atoms with Crippen molar-refractivity contribution in [1.29, 1.82) is 0 Å². The van der Waals surface area contributed by atoms with Crippen LogP contribution in [0.1, 0.15) is 26.7 Å². The van der Waals surface area contributed by atoms with Gasteiger partial charge in [0.1, 0.15) is 0 Å². The van der Waals surface area contributed by atoms with Crippen LogP contribution in [0.5, 0.6) is 0 Å². The van der Waals surface area contributed by atoms with Crippen LogP contribution in [-0.4, -0.2) is 37.8 Å². The fourth-order valence-electron chi connectivity index (χ4n) is 2.50. The fraction of sp³-hybridized carbons (Fsp3) is 0.533. The zero-order chi connectivity index (χ0) is 15.6. The number of rotatable bonds is 4.